The number of hydrogen-bond acceptors (Lipinski definition) is 10. The van der Waals surface area contributed by atoms with Gasteiger partial charge >= 0.3 is 5.97 Å². The summed E-state index contributed by atoms with van der Waals surface area (Å²) in [5, 5.41) is 8.26. The van der Waals surface area contributed by atoms with Crippen LogP contribution in [0.15, 0.2) is 30.5 Å². The van der Waals surface area contributed by atoms with Gasteiger partial charge in [0.15, 0.2) is 17.7 Å². The number of cyclic esters (lactones) is 1. The first-order chi connectivity index (χ1) is 19.1. The summed E-state index contributed by atoms with van der Waals surface area (Å²) in [5.41, 5.74) is 2.86. The molecule has 1 atom stereocenters. The molecule has 0 spiro atoms. The molecule has 1 amide bonds. The maximum atomic E-state index is 12.7. The highest BCUT2D eigenvalue weighted by Crippen LogP contribution is 2.36. The van der Waals surface area contributed by atoms with Crippen LogP contribution in [-0.2, 0) is 25.6 Å². The number of benzene rings is 1. The first-order valence-corrected chi connectivity index (χ1v) is 14.2. The van der Waals surface area contributed by atoms with E-state index in [9.17, 15) is 9.59 Å². The lowest BCUT2D eigenvalue weighted by Crippen LogP contribution is -2.51. The first kappa shape index (κ1) is 24.4. The Bertz CT molecular complexity index is 1540. The van der Waals surface area contributed by atoms with Gasteiger partial charge in [-0.05, 0) is 12.1 Å². The van der Waals surface area contributed by atoms with Gasteiger partial charge in [0.05, 0.1) is 35.1 Å². The third-order valence-electron chi connectivity index (χ3n) is 7.66. The van der Waals surface area contributed by atoms with Crippen LogP contribution >= 0.6 is 11.3 Å². The quantitative estimate of drug-likeness (QED) is 0.376. The molecule has 4 aromatic rings. The van der Waals surface area contributed by atoms with Crippen molar-refractivity contribution in [1.29, 1.82) is 0 Å². The number of nitrogens with zero attached hydrogens (tertiary/aromatic N) is 6. The summed E-state index contributed by atoms with van der Waals surface area (Å²) in [6, 6.07) is 8.23. The number of esters is 1. The highest BCUT2D eigenvalue weighted by atomic mass is 32.1. The minimum Gasteiger partial charge on any atom is -0.452 e. The summed E-state index contributed by atoms with van der Waals surface area (Å²) in [6.45, 7) is 6.55. The van der Waals surface area contributed by atoms with E-state index in [4.69, 9.17) is 19.4 Å². The number of piperazine rings is 1. The van der Waals surface area contributed by atoms with Crippen molar-refractivity contribution in [3.63, 3.8) is 0 Å². The molecule has 1 aromatic carbocycles. The number of aromatic nitrogens is 4. The van der Waals surface area contributed by atoms with E-state index in [0.29, 0.717) is 45.0 Å². The lowest BCUT2D eigenvalue weighted by Gasteiger charge is -2.35. The second-order valence-corrected chi connectivity index (χ2v) is 11.3. The van der Waals surface area contributed by atoms with E-state index in [2.05, 4.69) is 26.1 Å². The number of carbonyl (C=O) groups excluding carboxylic acids is 2. The topological polar surface area (TPSA) is 117 Å². The fourth-order valence-electron chi connectivity index (χ4n) is 5.57. The Morgan fingerprint density at radius 2 is 1.95 bits per heavy atom. The normalized spacial score (nSPS) is 20.7. The molecule has 3 aliphatic rings. The average Bonchev–Trinajstić information content (AvgIpc) is 3.72. The first-order valence-electron chi connectivity index (χ1n) is 13.4. The molecule has 202 valence electrons. The van der Waals surface area contributed by atoms with E-state index in [1.54, 1.807) is 11.3 Å². The number of nitrogens with one attached hydrogen (secondary N) is 1. The van der Waals surface area contributed by atoms with Crippen LogP contribution in [0.3, 0.4) is 0 Å². The van der Waals surface area contributed by atoms with Gasteiger partial charge in [0.25, 0.3) is 5.91 Å². The largest absolute Gasteiger partial charge is 0.452 e. The van der Waals surface area contributed by atoms with E-state index >= 15 is 0 Å². The number of ether oxygens (including phenoxy) is 2. The number of fused-ring (bicyclic) bond motifs is 2. The van der Waals surface area contributed by atoms with Crippen LogP contribution in [-0.4, -0.2) is 100 Å². The van der Waals surface area contributed by atoms with E-state index < -0.39 is 6.10 Å². The molecule has 0 unspecified atom stereocenters. The minimum absolute atomic E-state index is 0.0621. The standard InChI is InChI=1S/C27H29N7O4S/c35-23-5-4-22(38-23)27(36)34-8-6-32(7-9-34)16-17-14-21-24(39-17)26(33-10-12-37-13-11-33)30-25(29-21)18-2-1-3-20-19(18)15-28-31-20/h1-3,14-15,22H,4-13,16H2,(H,28,31)/t22-/m0/s1. The lowest BCUT2D eigenvalue weighted by molar-refractivity contribution is -0.153. The van der Waals surface area contributed by atoms with Crippen LogP contribution in [0.25, 0.3) is 32.5 Å². The SMILES string of the molecule is O=C1CC[C@@H](C(=O)N2CCN(Cc3cc4nc(-c5cccc6[nH]ncc56)nc(N5CCOCC5)c4s3)CC2)O1. The third-order valence-corrected chi connectivity index (χ3v) is 8.77. The molecule has 12 heteroatoms. The number of rotatable bonds is 5. The lowest BCUT2D eigenvalue weighted by atomic mass is 10.1. The summed E-state index contributed by atoms with van der Waals surface area (Å²) in [7, 11) is 0. The van der Waals surface area contributed by atoms with Crippen molar-refractivity contribution in [3.05, 3.63) is 35.3 Å². The van der Waals surface area contributed by atoms with Crippen molar-refractivity contribution in [2.75, 3.05) is 57.4 Å². The second kappa shape index (κ2) is 10.2. The molecular weight excluding hydrogens is 518 g/mol. The molecular formula is C27H29N7O4S. The van der Waals surface area contributed by atoms with Crippen molar-refractivity contribution in [2.24, 2.45) is 0 Å². The van der Waals surface area contributed by atoms with Crippen LogP contribution in [0.4, 0.5) is 5.82 Å². The smallest absolute Gasteiger partial charge is 0.306 e. The van der Waals surface area contributed by atoms with Gasteiger partial charge in [-0.25, -0.2) is 9.97 Å². The Labute approximate surface area is 228 Å². The minimum atomic E-state index is -0.606. The molecule has 0 saturated carbocycles. The van der Waals surface area contributed by atoms with Crippen molar-refractivity contribution in [2.45, 2.75) is 25.5 Å². The zero-order valence-corrected chi connectivity index (χ0v) is 22.3. The number of morpholine rings is 1. The molecule has 6 heterocycles. The number of thiophene rings is 1. The van der Waals surface area contributed by atoms with Gasteiger partial charge in [-0.1, -0.05) is 12.1 Å². The van der Waals surface area contributed by atoms with E-state index in [-0.39, 0.29) is 11.9 Å². The Kier molecular flexibility index (Phi) is 6.37. The van der Waals surface area contributed by atoms with Crippen LogP contribution < -0.4 is 4.90 Å². The number of anilines is 1. The van der Waals surface area contributed by atoms with E-state index in [0.717, 1.165) is 65.2 Å². The van der Waals surface area contributed by atoms with Gasteiger partial charge in [-0.2, -0.15) is 5.10 Å². The molecule has 3 saturated heterocycles. The maximum Gasteiger partial charge on any atom is 0.306 e. The van der Waals surface area contributed by atoms with Crippen LogP contribution in [0.1, 0.15) is 17.7 Å². The van der Waals surface area contributed by atoms with Gasteiger partial charge in [-0.15, -0.1) is 11.3 Å². The number of aromatic amines is 1. The predicted molar refractivity (Wildman–Crippen MR) is 147 cm³/mol. The van der Waals surface area contributed by atoms with Crippen molar-refractivity contribution >= 4 is 50.2 Å². The molecule has 0 aliphatic carbocycles. The van der Waals surface area contributed by atoms with Gasteiger partial charge in [-0.3, -0.25) is 19.6 Å². The van der Waals surface area contributed by atoms with Crippen LogP contribution in [0, 0.1) is 0 Å². The fraction of sp³-hybridized carbons (Fsp3) is 0.444. The molecule has 3 fully saturated rings. The number of hydrogen-bond donors (Lipinski definition) is 1. The Morgan fingerprint density at radius 3 is 2.74 bits per heavy atom. The zero-order valence-electron chi connectivity index (χ0n) is 21.5. The Hall–Kier alpha value is -3.61. The van der Waals surface area contributed by atoms with E-state index in [1.807, 2.05) is 29.3 Å². The number of amides is 1. The fourth-order valence-corrected chi connectivity index (χ4v) is 6.72. The third kappa shape index (κ3) is 4.72. The van der Waals surface area contributed by atoms with Gasteiger partial charge in [0, 0.05) is 74.5 Å². The summed E-state index contributed by atoms with van der Waals surface area (Å²) >= 11 is 1.74. The zero-order chi connectivity index (χ0) is 26.3. The number of H-pyrrole nitrogens is 1. The van der Waals surface area contributed by atoms with Crippen LogP contribution in [0.5, 0.6) is 0 Å². The van der Waals surface area contributed by atoms with Crippen LogP contribution in [0.2, 0.25) is 0 Å². The Balaban J connectivity index is 1.14. The molecule has 39 heavy (non-hydrogen) atoms. The number of carbonyl (C=O) groups is 2. The average molecular weight is 548 g/mol. The predicted octanol–water partition coefficient (Wildman–Crippen LogP) is 2.42. The molecule has 0 radical (unpaired) electrons. The van der Waals surface area contributed by atoms with Crippen molar-refractivity contribution in [1.82, 2.24) is 30.0 Å². The van der Waals surface area contributed by atoms with Crippen molar-refractivity contribution in [3.8, 4) is 11.4 Å². The van der Waals surface area contributed by atoms with Gasteiger partial charge in [0.1, 0.15) is 0 Å². The molecule has 3 aliphatic heterocycles. The van der Waals surface area contributed by atoms with Crippen molar-refractivity contribution < 1.29 is 19.1 Å². The molecule has 11 nitrogen and oxygen atoms in total. The molecule has 0 bridgehead atoms. The maximum absolute atomic E-state index is 12.7. The Morgan fingerprint density at radius 1 is 1.10 bits per heavy atom. The van der Waals surface area contributed by atoms with Gasteiger partial charge in [0.2, 0.25) is 0 Å². The summed E-state index contributed by atoms with van der Waals surface area (Å²) in [6.07, 6.45) is 2.04. The molecule has 3 aromatic heterocycles. The van der Waals surface area contributed by atoms with Gasteiger partial charge < -0.3 is 19.3 Å². The highest BCUT2D eigenvalue weighted by Gasteiger charge is 2.34. The second-order valence-electron chi connectivity index (χ2n) is 10.2. The molecule has 7 rings (SSSR count). The monoisotopic (exact) mass is 547 g/mol. The molecule has 1 N–H and O–H groups in total. The highest BCUT2D eigenvalue weighted by molar-refractivity contribution is 7.19. The van der Waals surface area contributed by atoms with E-state index in [1.165, 1.54) is 4.88 Å². The summed E-state index contributed by atoms with van der Waals surface area (Å²) < 4.78 is 11.9. The summed E-state index contributed by atoms with van der Waals surface area (Å²) in [5.74, 6) is 1.31. The summed E-state index contributed by atoms with van der Waals surface area (Å²) in [4.78, 5) is 42.0.